The largest absolute Gasteiger partial charge is 0.481 e. The Hall–Kier alpha value is -3.39. The maximum atomic E-state index is 13.1. The first-order chi connectivity index (χ1) is 14.4. The van der Waals surface area contributed by atoms with Gasteiger partial charge in [-0.25, -0.2) is 4.79 Å². The Kier molecular flexibility index (Phi) is 6.68. The summed E-state index contributed by atoms with van der Waals surface area (Å²) in [5, 5.41) is 16.6. The van der Waals surface area contributed by atoms with Crippen LogP contribution in [0.1, 0.15) is 31.9 Å². The van der Waals surface area contributed by atoms with Crippen molar-refractivity contribution >= 4 is 11.8 Å². The molecule has 0 radical (unpaired) electrons. The first-order valence-corrected chi connectivity index (χ1v) is 9.74. The van der Waals surface area contributed by atoms with Crippen LogP contribution in [0.3, 0.4) is 0 Å². The third-order valence-electron chi connectivity index (χ3n) is 4.91. The molecule has 2 aromatic heterocycles. The first kappa shape index (κ1) is 21.3. The Bertz CT molecular complexity index is 1090. The third-order valence-corrected chi connectivity index (χ3v) is 4.91. The molecule has 1 aliphatic heterocycles. The van der Waals surface area contributed by atoms with Crippen molar-refractivity contribution in [3.05, 3.63) is 38.8 Å². The van der Waals surface area contributed by atoms with Crippen molar-refractivity contribution in [3.63, 3.8) is 0 Å². The number of nitrogens with two attached hydrogens (primary N) is 1. The van der Waals surface area contributed by atoms with E-state index in [9.17, 15) is 14.4 Å². The van der Waals surface area contributed by atoms with Crippen LogP contribution in [0.15, 0.2) is 21.9 Å². The van der Waals surface area contributed by atoms with Crippen LogP contribution < -0.4 is 21.9 Å². The Morgan fingerprint density at radius 1 is 1.37 bits per heavy atom. The van der Waals surface area contributed by atoms with E-state index < -0.39 is 17.2 Å². The van der Waals surface area contributed by atoms with E-state index in [0.29, 0.717) is 24.6 Å². The second kappa shape index (κ2) is 9.41. The molecule has 160 valence electrons. The highest BCUT2D eigenvalue weighted by Gasteiger charge is 2.22. The van der Waals surface area contributed by atoms with E-state index in [2.05, 4.69) is 22.2 Å². The lowest BCUT2D eigenvalue weighted by Crippen LogP contribution is -2.48. The molecule has 0 bridgehead atoms. The summed E-state index contributed by atoms with van der Waals surface area (Å²) in [5.41, 5.74) is 5.53. The van der Waals surface area contributed by atoms with Crippen LogP contribution in [0.5, 0.6) is 0 Å². The van der Waals surface area contributed by atoms with Crippen molar-refractivity contribution in [1.29, 1.82) is 0 Å². The minimum atomic E-state index is -0.948. The Morgan fingerprint density at radius 3 is 2.87 bits per heavy atom. The van der Waals surface area contributed by atoms with Gasteiger partial charge in [0, 0.05) is 25.2 Å². The molecule has 0 aliphatic carbocycles. The second-order valence-electron chi connectivity index (χ2n) is 7.19. The fourth-order valence-electron chi connectivity index (χ4n) is 3.43. The van der Waals surface area contributed by atoms with Gasteiger partial charge in [0.05, 0.1) is 32.3 Å². The van der Waals surface area contributed by atoms with Crippen molar-refractivity contribution in [1.82, 2.24) is 24.1 Å². The first-order valence-electron chi connectivity index (χ1n) is 9.74. The lowest BCUT2D eigenvalue weighted by Gasteiger charge is -2.33. The van der Waals surface area contributed by atoms with E-state index in [1.807, 2.05) is 4.90 Å². The zero-order valence-corrected chi connectivity index (χ0v) is 16.8. The Balaban J connectivity index is 1.93. The SMILES string of the molecule is CC#CCn1c(N2CCC[C@@H](N)C2)cc(=O)n(Cc2cn(CCC(=O)O)nn2)c1=O. The van der Waals surface area contributed by atoms with Gasteiger partial charge in [0.2, 0.25) is 0 Å². The van der Waals surface area contributed by atoms with Crippen molar-refractivity contribution in [2.45, 2.75) is 51.9 Å². The van der Waals surface area contributed by atoms with E-state index in [1.54, 1.807) is 6.92 Å². The standard InChI is InChI=1S/C19H25N7O4/c1-2-3-8-25-16(23-7-4-5-14(20)11-23)10-17(27)26(19(25)30)13-15-12-24(22-21-15)9-6-18(28)29/h10,12,14H,4-9,11,13,20H2,1H3,(H,28,29)/t14-/m1/s1. The number of piperidine rings is 1. The summed E-state index contributed by atoms with van der Waals surface area (Å²) in [4.78, 5) is 38.5. The molecule has 2 aromatic rings. The fraction of sp³-hybridized carbons (Fsp3) is 0.526. The molecule has 0 aromatic carbocycles. The molecule has 11 heteroatoms. The monoisotopic (exact) mass is 415 g/mol. The van der Waals surface area contributed by atoms with Gasteiger partial charge < -0.3 is 15.7 Å². The zero-order chi connectivity index (χ0) is 21.7. The summed E-state index contributed by atoms with van der Waals surface area (Å²) in [5.74, 6) is 5.24. The van der Waals surface area contributed by atoms with Crippen molar-refractivity contribution in [2.24, 2.45) is 5.73 Å². The molecule has 3 rings (SSSR count). The zero-order valence-electron chi connectivity index (χ0n) is 16.8. The summed E-state index contributed by atoms with van der Waals surface area (Å²) in [7, 11) is 0. The van der Waals surface area contributed by atoms with Gasteiger partial charge in [-0.05, 0) is 19.8 Å². The van der Waals surface area contributed by atoms with E-state index >= 15 is 0 Å². The lowest BCUT2D eigenvalue weighted by atomic mass is 10.1. The molecule has 1 atom stereocenters. The van der Waals surface area contributed by atoms with E-state index in [1.165, 1.54) is 21.5 Å². The van der Waals surface area contributed by atoms with Crippen molar-refractivity contribution in [3.8, 4) is 11.8 Å². The maximum Gasteiger partial charge on any atom is 0.333 e. The number of carboxylic acids is 1. The third kappa shape index (κ3) is 4.96. The van der Waals surface area contributed by atoms with Gasteiger partial charge in [-0.2, -0.15) is 0 Å². The highest BCUT2D eigenvalue weighted by atomic mass is 16.4. The molecule has 0 unspecified atom stereocenters. The Morgan fingerprint density at radius 2 is 2.17 bits per heavy atom. The highest BCUT2D eigenvalue weighted by molar-refractivity contribution is 5.66. The molecular formula is C19H25N7O4. The average molecular weight is 415 g/mol. The fourth-order valence-corrected chi connectivity index (χ4v) is 3.43. The van der Waals surface area contributed by atoms with Gasteiger partial charge in [-0.3, -0.25) is 23.4 Å². The molecule has 3 N–H and O–H groups in total. The minimum Gasteiger partial charge on any atom is -0.481 e. The summed E-state index contributed by atoms with van der Waals surface area (Å²) in [6.45, 7) is 3.22. The van der Waals surface area contributed by atoms with Crippen LogP contribution >= 0.6 is 0 Å². The number of hydrogen-bond acceptors (Lipinski definition) is 7. The van der Waals surface area contributed by atoms with Crippen molar-refractivity contribution < 1.29 is 9.90 Å². The molecule has 0 amide bonds. The van der Waals surface area contributed by atoms with Gasteiger partial charge in [0.15, 0.2) is 0 Å². The molecule has 0 saturated carbocycles. The van der Waals surface area contributed by atoms with Crippen LogP contribution in [-0.2, 0) is 24.4 Å². The number of anilines is 1. The van der Waals surface area contributed by atoms with Gasteiger partial charge in [0.1, 0.15) is 11.5 Å². The van der Waals surface area contributed by atoms with Gasteiger partial charge in [-0.15, -0.1) is 11.0 Å². The van der Waals surface area contributed by atoms with E-state index in [-0.39, 0.29) is 32.1 Å². The summed E-state index contributed by atoms with van der Waals surface area (Å²) in [6, 6.07) is 1.42. The van der Waals surface area contributed by atoms with Crippen LogP contribution in [0.25, 0.3) is 0 Å². The predicted molar refractivity (Wildman–Crippen MR) is 109 cm³/mol. The molecular weight excluding hydrogens is 390 g/mol. The summed E-state index contributed by atoms with van der Waals surface area (Å²) >= 11 is 0. The number of carbonyl (C=O) groups is 1. The number of aryl methyl sites for hydroxylation is 1. The van der Waals surface area contributed by atoms with Gasteiger partial charge in [0.25, 0.3) is 5.56 Å². The molecule has 11 nitrogen and oxygen atoms in total. The van der Waals surface area contributed by atoms with Crippen LogP contribution in [0, 0.1) is 11.8 Å². The molecule has 30 heavy (non-hydrogen) atoms. The van der Waals surface area contributed by atoms with E-state index in [4.69, 9.17) is 10.8 Å². The second-order valence-corrected chi connectivity index (χ2v) is 7.19. The number of aliphatic carboxylic acids is 1. The van der Waals surface area contributed by atoms with E-state index in [0.717, 1.165) is 17.4 Å². The average Bonchev–Trinajstić information content (AvgIpc) is 3.16. The van der Waals surface area contributed by atoms with Crippen LogP contribution in [0.4, 0.5) is 5.82 Å². The van der Waals surface area contributed by atoms with Crippen LogP contribution in [0.2, 0.25) is 0 Å². The lowest BCUT2D eigenvalue weighted by molar-refractivity contribution is -0.137. The molecule has 1 fully saturated rings. The molecule has 1 saturated heterocycles. The number of aromatic nitrogens is 5. The maximum absolute atomic E-state index is 13.1. The predicted octanol–water partition coefficient (Wildman–Crippen LogP) is -0.925. The molecule has 0 spiro atoms. The van der Waals surface area contributed by atoms with Crippen LogP contribution in [-0.4, -0.2) is 54.3 Å². The quantitative estimate of drug-likeness (QED) is 0.553. The topological polar surface area (TPSA) is 141 Å². The number of nitrogens with zero attached hydrogens (tertiary/aromatic N) is 6. The smallest absolute Gasteiger partial charge is 0.333 e. The highest BCUT2D eigenvalue weighted by Crippen LogP contribution is 2.17. The number of hydrogen-bond donors (Lipinski definition) is 2. The number of rotatable bonds is 7. The summed E-state index contributed by atoms with van der Waals surface area (Å²) < 4.78 is 3.93. The molecule has 1 aliphatic rings. The van der Waals surface area contributed by atoms with Gasteiger partial charge in [-0.1, -0.05) is 11.1 Å². The normalized spacial score (nSPS) is 16.2. The minimum absolute atomic E-state index is 0.0113. The van der Waals surface area contributed by atoms with Gasteiger partial charge >= 0.3 is 11.7 Å². The summed E-state index contributed by atoms with van der Waals surface area (Å²) in [6.07, 6.45) is 3.22. The van der Waals surface area contributed by atoms with Crippen molar-refractivity contribution in [2.75, 3.05) is 18.0 Å². The molecule has 3 heterocycles. The Labute approximate surface area is 172 Å². The number of carboxylic acid groups (broad SMARTS) is 1.